The van der Waals surface area contributed by atoms with Crippen LogP contribution in [0.5, 0.6) is 5.75 Å². The maximum Gasteiger partial charge on any atom is 0.222 e. The van der Waals surface area contributed by atoms with E-state index in [4.69, 9.17) is 15.2 Å². The number of piperazine rings is 1. The van der Waals surface area contributed by atoms with E-state index in [1.807, 2.05) is 30.3 Å². The van der Waals surface area contributed by atoms with Crippen molar-refractivity contribution in [2.24, 2.45) is 0 Å². The Kier molecular flexibility index (Phi) is 5.69. The van der Waals surface area contributed by atoms with E-state index < -0.39 is 0 Å². The average molecular weight is 369 g/mol. The fraction of sp³-hybridized carbons (Fsp3) is 0.500. The first-order chi connectivity index (χ1) is 13.3. The van der Waals surface area contributed by atoms with Crippen LogP contribution in [-0.4, -0.2) is 67.4 Å². The maximum absolute atomic E-state index is 5.97. The van der Waals surface area contributed by atoms with E-state index in [1.54, 1.807) is 0 Å². The molecule has 3 heterocycles. The summed E-state index contributed by atoms with van der Waals surface area (Å²) in [6.07, 6.45) is 1.01. The monoisotopic (exact) mass is 369 g/mol. The van der Waals surface area contributed by atoms with Crippen LogP contribution >= 0.6 is 0 Å². The second kappa shape index (κ2) is 8.54. The van der Waals surface area contributed by atoms with Gasteiger partial charge in [-0.15, -0.1) is 0 Å². The van der Waals surface area contributed by atoms with Crippen LogP contribution in [0.1, 0.15) is 18.0 Å². The zero-order chi connectivity index (χ0) is 18.5. The van der Waals surface area contributed by atoms with Crippen LogP contribution in [0.4, 0.5) is 11.8 Å². The number of hydrogen-bond acceptors (Lipinski definition) is 7. The predicted molar refractivity (Wildman–Crippen MR) is 105 cm³/mol. The highest BCUT2D eigenvalue weighted by molar-refractivity contribution is 5.45. The van der Waals surface area contributed by atoms with Crippen LogP contribution in [0.15, 0.2) is 36.4 Å². The minimum Gasteiger partial charge on any atom is -0.492 e. The molecule has 0 saturated carbocycles. The van der Waals surface area contributed by atoms with Crippen molar-refractivity contribution in [1.82, 2.24) is 14.9 Å². The Morgan fingerprint density at radius 3 is 2.67 bits per heavy atom. The van der Waals surface area contributed by atoms with Crippen molar-refractivity contribution in [1.29, 1.82) is 0 Å². The van der Waals surface area contributed by atoms with Crippen molar-refractivity contribution in [3.05, 3.63) is 42.1 Å². The van der Waals surface area contributed by atoms with E-state index in [0.29, 0.717) is 18.5 Å². The summed E-state index contributed by atoms with van der Waals surface area (Å²) in [7, 11) is 0. The van der Waals surface area contributed by atoms with Gasteiger partial charge >= 0.3 is 0 Å². The second-order valence-electron chi connectivity index (χ2n) is 7.06. The van der Waals surface area contributed by atoms with Gasteiger partial charge in [-0.25, -0.2) is 4.98 Å². The molecule has 1 atom stereocenters. The molecule has 0 bridgehead atoms. The lowest BCUT2D eigenvalue weighted by Gasteiger charge is -2.35. The number of nitrogens with two attached hydrogens (primary N) is 1. The summed E-state index contributed by atoms with van der Waals surface area (Å²) in [5.74, 6) is 2.55. The summed E-state index contributed by atoms with van der Waals surface area (Å²) in [5, 5.41) is 0. The molecule has 0 aliphatic carbocycles. The number of benzene rings is 1. The molecule has 0 radical (unpaired) electrons. The average Bonchev–Trinajstić information content (AvgIpc) is 3.24. The maximum atomic E-state index is 5.97. The van der Waals surface area contributed by atoms with Gasteiger partial charge in [-0.2, -0.15) is 4.98 Å². The lowest BCUT2D eigenvalue weighted by atomic mass is 10.0. The van der Waals surface area contributed by atoms with Crippen molar-refractivity contribution in [3.63, 3.8) is 0 Å². The van der Waals surface area contributed by atoms with Gasteiger partial charge in [0.15, 0.2) is 0 Å². The van der Waals surface area contributed by atoms with Crippen molar-refractivity contribution in [3.8, 4) is 5.75 Å². The van der Waals surface area contributed by atoms with Crippen LogP contribution in [0.2, 0.25) is 0 Å². The van der Waals surface area contributed by atoms with Crippen LogP contribution in [0, 0.1) is 0 Å². The van der Waals surface area contributed by atoms with Gasteiger partial charge in [-0.1, -0.05) is 18.2 Å². The van der Waals surface area contributed by atoms with E-state index in [-0.39, 0.29) is 0 Å². The van der Waals surface area contributed by atoms with Gasteiger partial charge in [0.2, 0.25) is 5.95 Å². The van der Waals surface area contributed by atoms with Crippen molar-refractivity contribution in [2.75, 3.05) is 63.2 Å². The largest absolute Gasteiger partial charge is 0.492 e. The number of nitrogen functional groups attached to an aromatic ring is 1. The van der Waals surface area contributed by atoms with Crippen LogP contribution in [0.25, 0.3) is 0 Å². The fourth-order valence-corrected chi connectivity index (χ4v) is 3.62. The van der Waals surface area contributed by atoms with Gasteiger partial charge in [0.1, 0.15) is 18.2 Å². The Hall–Kier alpha value is -2.38. The molecule has 144 valence electrons. The summed E-state index contributed by atoms with van der Waals surface area (Å²) in [4.78, 5) is 13.6. The van der Waals surface area contributed by atoms with Gasteiger partial charge < -0.3 is 20.1 Å². The lowest BCUT2D eigenvalue weighted by molar-refractivity contribution is 0.193. The van der Waals surface area contributed by atoms with E-state index in [2.05, 4.69) is 25.8 Å². The molecule has 4 rings (SSSR count). The number of aromatic nitrogens is 2. The predicted octanol–water partition coefficient (Wildman–Crippen LogP) is 1.76. The molecular formula is C20H27N5O2. The number of hydrogen-bond donors (Lipinski definition) is 1. The molecule has 2 aromatic rings. The van der Waals surface area contributed by atoms with Crippen LogP contribution in [0.3, 0.4) is 0 Å². The van der Waals surface area contributed by atoms with Gasteiger partial charge in [0, 0.05) is 51.3 Å². The molecule has 0 amide bonds. The first kappa shape index (κ1) is 18.0. The highest BCUT2D eigenvalue weighted by Crippen LogP contribution is 2.27. The molecule has 2 aliphatic heterocycles. The van der Waals surface area contributed by atoms with Gasteiger partial charge in [-0.3, -0.25) is 4.90 Å². The molecule has 27 heavy (non-hydrogen) atoms. The van der Waals surface area contributed by atoms with Gasteiger partial charge in [-0.05, 0) is 18.6 Å². The third kappa shape index (κ3) is 4.67. The molecule has 0 spiro atoms. The molecule has 0 unspecified atom stereocenters. The number of para-hydroxylation sites is 1. The van der Waals surface area contributed by atoms with E-state index in [9.17, 15) is 0 Å². The summed E-state index contributed by atoms with van der Waals surface area (Å²) < 4.78 is 11.3. The van der Waals surface area contributed by atoms with Gasteiger partial charge in [0.25, 0.3) is 0 Å². The standard InChI is InChI=1S/C20H27N5O2/c21-20-22-18(16-6-12-26-15-16)14-19(23-20)25-9-7-24(8-10-25)11-13-27-17-4-2-1-3-5-17/h1-5,14,16H,6-13,15H2,(H2,21,22,23)/t16-/m1/s1. The molecule has 7 heteroatoms. The molecule has 7 nitrogen and oxygen atoms in total. The molecule has 1 aromatic heterocycles. The Bertz CT molecular complexity index is 728. The Morgan fingerprint density at radius 1 is 1.11 bits per heavy atom. The van der Waals surface area contributed by atoms with E-state index >= 15 is 0 Å². The Balaban J connectivity index is 1.28. The second-order valence-corrected chi connectivity index (χ2v) is 7.06. The van der Waals surface area contributed by atoms with Crippen molar-refractivity contribution in [2.45, 2.75) is 12.3 Å². The number of anilines is 2. The van der Waals surface area contributed by atoms with Crippen molar-refractivity contribution >= 4 is 11.8 Å². The molecule has 2 fully saturated rings. The Morgan fingerprint density at radius 2 is 1.93 bits per heavy atom. The minimum absolute atomic E-state index is 0.338. The van der Waals surface area contributed by atoms with Gasteiger partial charge in [0.05, 0.1) is 12.3 Å². The molecule has 2 N–H and O–H groups in total. The zero-order valence-corrected chi connectivity index (χ0v) is 15.6. The minimum atomic E-state index is 0.338. The van der Waals surface area contributed by atoms with Crippen LogP contribution in [-0.2, 0) is 4.74 Å². The summed E-state index contributed by atoms with van der Waals surface area (Å²) in [6.45, 7) is 7.01. The Labute approximate surface area is 160 Å². The summed E-state index contributed by atoms with van der Waals surface area (Å²) in [5.41, 5.74) is 6.97. The fourth-order valence-electron chi connectivity index (χ4n) is 3.62. The van der Waals surface area contributed by atoms with Crippen LogP contribution < -0.4 is 15.4 Å². The number of nitrogens with zero attached hydrogens (tertiary/aromatic N) is 4. The number of rotatable bonds is 6. The topological polar surface area (TPSA) is 76.7 Å². The first-order valence-corrected chi connectivity index (χ1v) is 9.65. The van der Waals surface area contributed by atoms with E-state index in [0.717, 1.165) is 69.6 Å². The first-order valence-electron chi connectivity index (χ1n) is 9.65. The molecule has 2 saturated heterocycles. The third-order valence-electron chi connectivity index (χ3n) is 5.21. The van der Waals surface area contributed by atoms with E-state index in [1.165, 1.54) is 0 Å². The van der Waals surface area contributed by atoms with Crippen molar-refractivity contribution < 1.29 is 9.47 Å². The number of ether oxygens (including phenoxy) is 2. The highest BCUT2D eigenvalue weighted by atomic mass is 16.5. The highest BCUT2D eigenvalue weighted by Gasteiger charge is 2.23. The third-order valence-corrected chi connectivity index (χ3v) is 5.21. The summed E-state index contributed by atoms with van der Waals surface area (Å²) >= 11 is 0. The quantitative estimate of drug-likeness (QED) is 0.831. The molecular weight excluding hydrogens is 342 g/mol. The molecule has 1 aromatic carbocycles. The smallest absolute Gasteiger partial charge is 0.222 e. The normalized spacial score (nSPS) is 20.7. The summed E-state index contributed by atoms with van der Waals surface area (Å²) in [6, 6.07) is 12.1. The molecule has 2 aliphatic rings. The lowest BCUT2D eigenvalue weighted by Crippen LogP contribution is -2.47. The SMILES string of the molecule is Nc1nc([C@@H]2CCOC2)cc(N2CCN(CCOc3ccccc3)CC2)n1. The zero-order valence-electron chi connectivity index (χ0n) is 15.6.